The first kappa shape index (κ1) is 28.0. The van der Waals surface area contributed by atoms with Crippen LogP contribution in [-0.4, -0.2) is 20.7 Å². The second kappa shape index (κ2) is 9.93. The van der Waals surface area contributed by atoms with Gasteiger partial charge in [0.1, 0.15) is 0 Å². The summed E-state index contributed by atoms with van der Waals surface area (Å²) in [5.74, 6) is 0. The van der Waals surface area contributed by atoms with Crippen molar-refractivity contribution >= 4 is 87.6 Å². The molecule has 11 aromatic rings. The quantitative estimate of drug-likeness (QED) is 0.180. The largest absolute Gasteiger partial charge is 0.344 e. The maximum Gasteiger partial charge on any atom is 0.0541 e. The Hall–Kier alpha value is -6.78. The van der Waals surface area contributed by atoms with Crippen molar-refractivity contribution in [3.63, 3.8) is 0 Å². The van der Waals surface area contributed by atoms with Gasteiger partial charge in [-0.05, 0) is 71.6 Å². The van der Waals surface area contributed by atoms with Crippen molar-refractivity contribution in [1.29, 1.82) is 0 Å². The van der Waals surface area contributed by atoms with E-state index >= 15 is 0 Å². The van der Waals surface area contributed by atoms with Gasteiger partial charge >= 0.3 is 0 Å². The average molecular weight is 665 g/mol. The molecule has 4 heterocycles. The summed E-state index contributed by atoms with van der Waals surface area (Å²) in [5, 5.41) is 10.3. The third kappa shape index (κ3) is 3.46. The van der Waals surface area contributed by atoms with E-state index in [4.69, 9.17) is 0 Å². The number of aryl methyl sites for hydroxylation is 1. The number of nitrogens with zero attached hydrogens (tertiary/aromatic N) is 4. The predicted molar refractivity (Wildman–Crippen MR) is 220 cm³/mol. The van der Waals surface area contributed by atoms with Crippen molar-refractivity contribution in [1.82, 2.24) is 13.7 Å². The van der Waals surface area contributed by atoms with Gasteiger partial charge in [-0.15, -0.1) is 0 Å². The topological polar surface area (TPSA) is 18.0 Å². The number of rotatable bonds is 2. The van der Waals surface area contributed by atoms with E-state index in [1.165, 1.54) is 110 Å². The molecule has 8 aromatic carbocycles. The summed E-state index contributed by atoms with van der Waals surface area (Å²) in [7, 11) is 4.45. The zero-order chi connectivity index (χ0) is 34.2. The van der Waals surface area contributed by atoms with Crippen LogP contribution in [-0.2, 0) is 7.05 Å². The molecule has 0 amide bonds. The van der Waals surface area contributed by atoms with Crippen LogP contribution in [0.1, 0.15) is 0 Å². The molecule has 4 nitrogen and oxygen atoms in total. The first-order chi connectivity index (χ1) is 25.7. The van der Waals surface area contributed by atoms with E-state index in [0.29, 0.717) is 0 Å². The molecule has 1 aliphatic rings. The number of hydrogen-bond acceptors (Lipinski definition) is 1. The molecule has 0 N–H and O–H groups in total. The smallest absolute Gasteiger partial charge is 0.0541 e. The highest BCUT2D eigenvalue weighted by atomic mass is 15.1. The van der Waals surface area contributed by atoms with Crippen LogP contribution >= 0.6 is 0 Å². The summed E-state index contributed by atoms with van der Waals surface area (Å²) < 4.78 is 7.23. The van der Waals surface area contributed by atoms with E-state index in [1.54, 1.807) is 0 Å². The summed E-state index contributed by atoms with van der Waals surface area (Å²) in [4.78, 5) is 2.39. The van der Waals surface area contributed by atoms with Crippen LogP contribution < -0.4 is 4.90 Å². The second-order valence-corrected chi connectivity index (χ2v) is 14.3. The van der Waals surface area contributed by atoms with Crippen molar-refractivity contribution in [3.8, 4) is 22.5 Å². The first-order valence-electron chi connectivity index (χ1n) is 18.0. The highest BCUT2D eigenvalue weighted by molar-refractivity contribution is 6.28. The lowest BCUT2D eigenvalue weighted by Gasteiger charge is -2.31. The molecule has 0 unspecified atom stereocenters. The lowest BCUT2D eigenvalue weighted by Crippen LogP contribution is -2.15. The van der Waals surface area contributed by atoms with E-state index in [-0.39, 0.29) is 0 Å². The van der Waals surface area contributed by atoms with Crippen LogP contribution in [0.3, 0.4) is 0 Å². The van der Waals surface area contributed by atoms with E-state index in [1.807, 2.05) is 0 Å². The molecule has 244 valence electrons. The summed E-state index contributed by atoms with van der Waals surface area (Å²) in [6.45, 7) is 0. The Morgan fingerprint density at radius 3 is 1.44 bits per heavy atom. The van der Waals surface area contributed by atoms with E-state index in [9.17, 15) is 0 Å². The van der Waals surface area contributed by atoms with Gasteiger partial charge < -0.3 is 18.6 Å². The Bertz CT molecular complexity index is 3230. The van der Waals surface area contributed by atoms with Crippen LogP contribution in [0.15, 0.2) is 158 Å². The molecule has 1 aliphatic heterocycles. The molecule has 0 bridgehead atoms. The molecule has 4 heteroatoms. The van der Waals surface area contributed by atoms with Crippen LogP contribution in [0, 0.1) is 0 Å². The standard InChI is InChI=1S/C48H32N4/c1-49-43-21-11-16-37-47-36-25-23-30(52-41-19-9-5-14-33(41)34-15-6-10-20-42(34)52)27-45(36)50(2)46(47)28-38(48(37)43)35-24-22-29(26-44(35)49)51-39-17-7-3-12-31(39)32-13-4-8-18-40(32)51/h3-28H,1-2H3. The molecule has 0 radical (unpaired) electrons. The Morgan fingerprint density at radius 1 is 0.327 bits per heavy atom. The Morgan fingerprint density at radius 2 is 0.846 bits per heavy atom. The third-order valence-corrected chi connectivity index (χ3v) is 11.8. The Labute approximate surface area is 299 Å². The fourth-order valence-corrected chi connectivity index (χ4v) is 9.46. The number of para-hydroxylation sites is 4. The monoisotopic (exact) mass is 664 g/mol. The van der Waals surface area contributed by atoms with Crippen LogP contribution in [0.4, 0.5) is 11.4 Å². The summed E-state index contributed by atoms with van der Waals surface area (Å²) >= 11 is 0. The minimum atomic E-state index is 1.17. The molecule has 52 heavy (non-hydrogen) atoms. The summed E-state index contributed by atoms with van der Waals surface area (Å²) in [6.07, 6.45) is 0. The van der Waals surface area contributed by atoms with Crippen molar-refractivity contribution in [2.75, 3.05) is 11.9 Å². The molecule has 0 fully saturated rings. The first-order valence-corrected chi connectivity index (χ1v) is 18.0. The maximum atomic E-state index is 2.44. The molecular weight excluding hydrogens is 633 g/mol. The number of hydrogen-bond donors (Lipinski definition) is 0. The lowest BCUT2D eigenvalue weighted by molar-refractivity contribution is 1.01. The van der Waals surface area contributed by atoms with E-state index < -0.39 is 0 Å². The zero-order valence-electron chi connectivity index (χ0n) is 28.8. The van der Waals surface area contributed by atoms with Crippen molar-refractivity contribution < 1.29 is 0 Å². The molecule has 0 aliphatic carbocycles. The third-order valence-electron chi connectivity index (χ3n) is 11.8. The minimum absolute atomic E-state index is 1.17. The molecule has 0 atom stereocenters. The summed E-state index contributed by atoms with van der Waals surface area (Å²) in [5.41, 5.74) is 14.7. The molecule has 0 saturated carbocycles. The van der Waals surface area contributed by atoms with E-state index in [2.05, 4.69) is 190 Å². The highest BCUT2D eigenvalue weighted by Crippen LogP contribution is 2.51. The van der Waals surface area contributed by atoms with Crippen molar-refractivity contribution in [2.45, 2.75) is 0 Å². The SMILES string of the molecule is CN1c2cc(-n3c4ccccc4c4ccccc43)ccc2-c2cc3c(c4cccc1c24)c1ccc(-n2c4ccccc4c4ccccc42)cc1n3C. The predicted octanol–water partition coefficient (Wildman–Crippen LogP) is 12.4. The fourth-order valence-electron chi connectivity index (χ4n) is 9.46. The van der Waals surface area contributed by atoms with Crippen LogP contribution in [0.2, 0.25) is 0 Å². The highest BCUT2D eigenvalue weighted by Gasteiger charge is 2.26. The number of fused-ring (bicyclic) bond motifs is 12. The van der Waals surface area contributed by atoms with Crippen molar-refractivity contribution in [2.24, 2.45) is 7.05 Å². The van der Waals surface area contributed by atoms with E-state index in [0.717, 1.165) is 0 Å². The number of anilines is 2. The van der Waals surface area contributed by atoms with Crippen LogP contribution in [0.5, 0.6) is 0 Å². The normalized spacial score (nSPS) is 12.8. The van der Waals surface area contributed by atoms with Gasteiger partial charge in [0, 0.05) is 74.4 Å². The zero-order valence-corrected chi connectivity index (χ0v) is 28.8. The number of benzene rings is 8. The number of aromatic nitrogens is 3. The van der Waals surface area contributed by atoms with Gasteiger partial charge in [0.2, 0.25) is 0 Å². The lowest BCUT2D eigenvalue weighted by atomic mass is 9.89. The molecular formula is C48H32N4. The Balaban J connectivity index is 1.10. The average Bonchev–Trinajstić information content (AvgIpc) is 3.82. The Kier molecular flexibility index (Phi) is 5.34. The molecule has 3 aromatic heterocycles. The van der Waals surface area contributed by atoms with Gasteiger partial charge in [0.05, 0.1) is 38.8 Å². The molecule has 12 rings (SSSR count). The van der Waals surface area contributed by atoms with Gasteiger partial charge in [-0.3, -0.25) is 0 Å². The molecule has 0 saturated heterocycles. The van der Waals surface area contributed by atoms with Gasteiger partial charge in [-0.25, -0.2) is 0 Å². The van der Waals surface area contributed by atoms with Crippen molar-refractivity contribution in [3.05, 3.63) is 158 Å². The van der Waals surface area contributed by atoms with Crippen LogP contribution in [0.25, 0.3) is 98.7 Å². The van der Waals surface area contributed by atoms with Gasteiger partial charge in [0.25, 0.3) is 0 Å². The maximum absolute atomic E-state index is 2.44. The second-order valence-electron chi connectivity index (χ2n) is 14.3. The molecule has 0 spiro atoms. The summed E-state index contributed by atoms with van der Waals surface area (Å²) in [6, 6.07) is 58.3. The fraction of sp³-hybridized carbons (Fsp3) is 0.0417. The minimum Gasteiger partial charge on any atom is -0.344 e. The van der Waals surface area contributed by atoms with Gasteiger partial charge in [0.15, 0.2) is 0 Å². The van der Waals surface area contributed by atoms with Gasteiger partial charge in [-0.2, -0.15) is 0 Å². The van der Waals surface area contributed by atoms with Gasteiger partial charge in [-0.1, -0.05) is 97.1 Å².